The summed E-state index contributed by atoms with van der Waals surface area (Å²) in [5.41, 5.74) is 3.73. The summed E-state index contributed by atoms with van der Waals surface area (Å²) in [5.74, 6) is -0.231. The molecular formula is C22H20N4O4S. The Kier molecular flexibility index (Phi) is 5.43. The van der Waals surface area contributed by atoms with Crippen LogP contribution in [-0.2, 0) is 21.2 Å². The second-order valence-corrected chi connectivity index (χ2v) is 8.82. The van der Waals surface area contributed by atoms with Gasteiger partial charge in [0.05, 0.1) is 17.6 Å². The van der Waals surface area contributed by atoms with Crippen LogP contribution in [0.15, 0.2) is 70.3 Å². The molecule has 0 aliphatic carbocycles. The standard InChI is InChI=1S/C22H20N4O4S/c1-14-3-8-20-19(11-14)16(13-30-20)12-21(27)25-17-4-6-18(7-5-17)31(28,29)26-22-23-10-9-15(2)24-22/h3-11,13H,12H2,1-2H3,(H,25,27)(H,23,24,26). The Bertz CT molecular complexity index is 1360. The molecule has 158 valence electrons. The van der Waals surface area contributed by atoms with Gasteiger partial charge in [-0.25, -0.2) is 23.1 Å². The predicted octanol–water partition coefficient (Wildman–Crippen LogP) is 3.82. The summed E-state index contributed by atoms with van der Waals surface area (Å²) in [6, 6.07) is 13.3. The van der Waals surface area contributed by atoms with Crippen LogP contribution in [-0.4, -0.2) is 24.3 Å². The molecule has 2 N–H and O–H groups in total. The topological polar surface area (TPSA) is 114 Å². The van der Waals surface area contributed by atoms with Crippen LogP contribution < -0.4 is 10.0 Å². The van der Waals surface area contributed by atoms with Gasteiger partial charge < -0.3 is 9.73 Å². The van der Waals surface area contributed by atoms with E-state index >= 15 is 0 Å². The molecule has 4 aromatic rings. The smallest absolute Gasteiger partial charge is 0.264 e. The first-order valence-corrected chi connectivity index (χ1v) is 11.0. The van der Waals surface area contributed by atoms with Crippen LogP contribution in [0.5, 0.6) is 0 Å². The molecule has 0 radical (unpaired) electrons. The van der Waals surface area contributed by atoms with Crippen molar-refractivity contribution >= 4 is 38.5 Å². The van der Waals surface area contributed by atoms with Crippen molar-refractivity contribution in [3.05, 3.63) is 77.8 Å². The van der Waals surface area contributed by atoms with E-state index in [1.54, 1.807) is 19.3 Å². The molecule has 4 rings (SSSR count). The number of anilines is 2. The Labute approximate surface area is 179 Å². The van der Waals surface area contributed by atoms with Crippen LogP contribution in [0.1, 0.15) is 16.8 Å². The Hall–Kier alpha value is -3.72. The minimum Gasteiger partial charge on any atom is -0.464 e. The van der Waals surface area contributed by atoms with Crippen molar-refractivity contribution in [2.45, 2.75) is 25.2 Å². The normalized spacial score (nSPS) is 11.4. The van der Waals surface area contributed by atoms with Crippen molar-refractivity contribution in [1.29, 1.82) is 0 Å². The zero-order valence-electron chi connectivity index (χ0n) is 16.9. The van der Waals surface area contributed by atoms with Gasteiger partial charge in [-0.3, -0.25) is 4.79 Å². The summed E-state index contributed by atoms with van der Waals surface area (Å²) in [6.07, 6.45) is 3.20. The van der Waals surface area contributed by atoms with E-state index in [-0.39, 0.29) is 23.2 Å². The van der Waals surface area contributed by atoms with Crippen LogP contribution in [0.3, 0.4) is 0 Å². The SMILES string of the molecule is Cc1ccc2occ(CC(=O)Nc3ccc(S(=O)(=O)Nc4nccc(C)n4)cc3)c2c1. The minimum absolute atomic E-state index is 0.0000420. The Balaban J connectivity index is 1.44. The number of sulfonamides is 1. The van der Waals surface area contributed by atoms with Crippen LogP contribution in [0.2, 0.25) is 0 Å². The number of rotatable bonds is 6. The number of nitrogens with zero attached hydrogens (tertiary/aromatic N) is 2. The quantitative estimate of drug-likeness (QED) is 0.475. The molecule has 9 heteroatoms. The van der Waals surface area contributed by atoms with Crippen LogP contribution >= 0.6 is 0 Å². The maximum absolute atomic E-state index is 12.5. The molecule has 2 aromatic carbocycles. The highest BCUT2D eigenvalue weighted by Gasteiger charge is 2.16. The number of aryl methyl sites for hydroxylation is 2. The molecule has 0 atom stereocenters. The number of carbonyl (C=O) groups excluding carboxylic acids is 1. The van der Waals surface area contributed by atoms with Crippen LogP contribution in [0.4, 0.5) is 11.6 Å². The number of nitrogens with one attached hydrogen (secondary N) is 2. The molecule has 0 saturated carbocycles. The lowest BCUT2D eigenvalue weighted by molar-refractivity contribution is -0.115. The maximum atomic E-state index is 12.5. The molecule has 0 saturated heterocycles. The van der Waals surface area contributed by atoms with E-state index in [1.165, 1.54) is 30.5 Å². The Morgan fingerprint density at radius 3 is 2.58 bits per heavy atom. The van der Waals surface area contributed by atoms with E-state index < -0.39 is 10.0 Å². The molecule has 0 fully saturated rings. The number of hydrogen-bond acceptors (Lipinski definition) is 6. The molecule has 2 aromatic heterocycles. The number of benzene rings is 2. The van der Waals surface area contributed by atoms with Gasteiger partial charge in [0.25, 0.3) is 10.0 Å². The summed E-state index contributed by atoms with van der Waals surface area (Å²) < 4.78 is 32.9. The maximum Gasteiger partial charge on any atom is 0.264 e. The molecule has 0 aliphatic rings. The van der Waals surface area contributed by atoms with Gasteiger partial charge >= 0.3 is 0 Å². The lowest BCUT2D eigenvalue weighted by Gasteiger charge is -2.09. The number of amides is 1. The highest BCUT2D eigenvalue weighted by molar-refractivity contribution is 7.92. The molecule has 31 heavy (non-hydrogen) atoms. The van der Waals surface area contributed by atoms with E-state index in [0.29, 0.717) is 11.4 Å². The summed E-state index contributed by atoms with van der Waals surface area (Å²) in [6.45, 7) is 3.72. The molecule has 2 heterocycles. The van der Waals surface area contributed by atoms with E-state index in [1.807, 2.05) is 25.1 Å². The number of hydrogen-bond donors (Lipinski definition) is 2. The fraction of sp³-hybridized carbons (Fsp3) is 0.136. The highest BCUT2D eigenvalue weighted by Crippen LogP contribution is 2.23. The van der Waals surface area contributed by atoms with Gasteiger partial charge in [0.2, 0.25) is 11.9 Å². The zero-order valence-corrected chi connectivity index (χ0v) is 17.7. The van der Waals surface area contributed by atoms with Gasteiger partial charge in [0.1, 0.15) is 5.58 Å². The van der Waals surface area contributed by atoms with Gasteiger partial charge in [-0.1, -0.05) is 11.6 Å². The van der Waals surface area contributed by atoms with Crippen molar-refractivity contribution in [1.82, 2.24) is 9.97 Å². The van der Waals surface area contributed by atoms with Crippen LogP contribution in [0, 0.1) is 13.8 Å². The average Bonchev–Trinajstić information content (AvgIpc) is 3.10. The first-order valence-electron chi connectivity index (χ1n) is 9.49. The average molecular weight is 436 g/mol. The molecule has 1 amide bonds. The molecular weight excluding hydrogens is 416 g/mol. The molecule has 0 bridgehead atoms. The second kappa shape index (κ2) is 8.19. The molecule has 8 nitrogen and oxygen atoms in total. The van der Waals surface area contributed by atoms with Gasteiger partial charge in [0.15, 0.2) is 0 Å². The van der Waals surface area contributed by atoms with Gasteiger partial charge in [-0.05, 0) is 56.3 Å². The highest BCUT2D eigenvalue weighted by atomic mass is 32.2. The third-order valence-electron chi connectivity index (χ3n) is 4.63. The van der Waals surface area contributed by atoms with Crippen molar-refractivity contribution in [3.8, 4) is 0 Å². The summed E-state index contributed by atoms with van der Waals surface area (Å²) in [7, 11) is -3.84. The Morgan fingerprint density at radius 2 is 1.84 bits per heavy atom. The summed E-state index contributed by atoms with van der Waals surface area (Å²) in [5, 5.41) is 3.68. The molecule has 0 aliphatic heterocycles. The fourth-order valence-electron chi connectivity index (χ4n) is 3.11. The third-order valence-corrected chi connectivity index (χ3v) is 5.97. The molecule has 0 unspecified atom stereocenters. The molecule has 0 spiro atoms. The number of carbonyl (C=O) groups is 1. The first-order chi connectivity index (χ1) is 14.8. The minimum atomic E-state index is -3.84. The van der Waals surface area contributed by atoms with Crippen LogP contribution in [0.25, 0.3) is 11.0 Å². The zero-order chi connectivity index (χ0) is 22.0. The lowest BCUT2D eigenvalue weighted by atomic mass is 10.1. The number of furan rings is 1. The van der Waals surface area contributed by atoms with Gasteiger partial charge in [0, 0.05) is 28.5 Å². The lowest BCUT2D eigenvalue weighted by Crippen LogP contribution is -2.16. The summed E-state index contributed by atoms with van der Waals surface area (Å²) >= 11 is 0. The monoisotopic (exact) mass is 436 g/mol. The van der Waals surface area contributed by atoms with Crippen molar-refractivity contribution in [2.75, 3.05) is 10.0 Å². The largest absolute Gasteiger partial charge is 0.464 e. The predicted molar refractivity (Wildman–Crippen MR) is 117 cm³/mol. The van der Waals surface area contributed by atoms with E-state index in [9.17, 15) is 13.2 Å². The van der Waals surface area contributed by atoms with E-state index in [2.05, 4.69) is 20.0 Å². The first kappa shape index (κ1) is 20.5. The number of aromatic nitrogens is 2. The van der Waals surface area contributed by atoms with Gasteiger partial charge in [-0.2, -0.15) is 0 Å². The third kappa shape index (κ3) is 4.72. The Morgan fingerprint density at radius 1 is 1.06 bits per heavy atom. The van der Waals surface area contributed by atoms with Crippen molar-refractivity contribution < 1.29 is 17.6 Å². The fourth-order valence-corrected chi connectivity index (χ4v) is 4.06. The summed E-state index contributed by atoms with van der Waals surface area (Å²) in [4.78, 5) is 20.4. The van der Waals surface area contributed by atoms with E-state index in [0.717, 1.165) is 22.1 Å². The van der Waals surface area contributed by atoms with Gasteiger partial charge in [-0.15, -0.1) is 0 Å². The van der Waals surface area contributed by atoms with Crippen molar-refractivity contribution in [3.63, 3.8) is 0 Å². The second-order valence-electron chi connectivity index (χ2n) is 7.14. The number of fused-ring (bicyclic) bond motifs is 1. The van der Waals surface area contributed by atoms with Crippen molar-refractivity contribution in [2.24, 2.45) is 0 Å². The van der Waals surface area contributed by atoms with E-state index in [4.69, 9.17) is 4.42 Å².